The summed E-state index contributed by atoms with van der Waals surface area (Å²) in [7, 11) is 0. The topological polar surface area (TPSA) is 40.6 Å². The maximum Gasteiger partial charge on any atom is 0.227 e. The zero-order valence-corrected chi connectivity index (χ0v) is 13.3. The second kappa shape index (κ2) is 7.11. The predicted octanol–water partition coefficient (Wildman–Crippen LogP) is 2.23. The summed E-state index contributed by atoms with van der Waals surface area (Å²) in [6, 6.07) is 6.47. The van der Waals surface area contributed by atoms with Crippen molar-refractivity contribution < 1.29 is 14.0 Å². The van der Waals surface area contributed by atoms with Crippen molar-refractivity contribution in [2.45, 2.75) is 32.1 Å². The van der Waals surface area contributed by atoms with E-state index in [2.05, 4.69) is 0 Å². The molecule has 0 aliphatic carbocycles. The Labute approximate surface area is 136 Å². The number of rotatable bonds is 4. The molecule has 1 atom stereocenters. The molecule has 3 rings (SSSR count). The molecule has 2 fully saturated rings. The quantitative estimate of drug-likeness (QED) is 0.854. The Morgan fingerprint density at radius 2 is 2.04 bits per heavy atom. The van der Waals surface area contributed by atoms with Gasteiger partial charge in [0.25, 0.3) is 0 Å². The summed E-state index contributed by atoms with van der Waals surface area (Å²) in [4.78, 5) is 28.3. The van der Waals surface area contributed by atoms with E-state index >= 15 is 0 Å². The van der Waals surface area contributed by atoms with Crippen LogP contribution in [0, 0.1) is 11.7 Å². The molecule has 2 amide bonds. The van der Waals surface area contributed by atoms with Gasteiger partial charge in [0.05, 0.1) is 5.92 Å². The summed E-state index contributed by atoms with van der Waals surface area (Å²) in [5.41, 5.74) is 0.880. The average molecular weight is 318 g/mol. The van der Waals surface area contributed by atoms with E-state index in [9.17, 15) is 14.0 Å². The summed E-state index contributed by atoms with van der Waals surface area (Å²) in [5, 5.41) is 0. The summed E-state index contributed by atoms with van der Waals surface area (Å²) in [6.07, 6.45) is 3.88. The molecule has 5 heteroatoms. The van der Waals surface area contributed by atoms with Crippen molar-refractivity contribution >= 4 is 11.8 Å². The van der Waals surface area contributed by atoms with E-state index in [1.807, 2.05) is 11.0 Å². The van der Waals surface area contributed by atoms with Crippen LogP contribution in [-0.2, 0) is 16.0 Å². The highest BCUT2D eigenvalue weighted by Crippen LogP contribution is 2.22. The maximum atomic E-state index is 13.2. The molecule has 1 aromatic rings. The van der Waals surface area contributed by atoms with Crippen molar-refractivity contribution in [2.24, 2.45) is 5.92 Å². The van der Waals surface area contributed by atoms with E-state index < -0.39 is 0 Å². The molecule has 2 aliphatic heterocycles. The minimum atomic E-state index is -0.255. The summed E-state index contributed by atoms with van der Waals surface area (Å²) >= 11 is 0. The number of amides is 2. The smallest absolute Gasteiger partial charge is 0.227 e. The minimum Gasteiger partial charge on any atom is -0.342 e. The fourth-order valence-corrected chi connectivity index (χ4v) is 3.48. The zero-order chi connectivity index (χ0) is 16.2. The lowest BCUT2D eigenvalue weighted by Crippen LogP contribution is -2.47. The molecule has 2 heterocycles. The second-order valence-corrected chi connectivity index (χ2v) is 6.49. The molecule has 0 saturated carbocycles. The number of likely N-dealkylation sites (tertiary alicyclic amines) is 2. The molecule has 0 spiro atoms. The van der Waals surface area contributed by atoms with E-state index in [4.69, 9.17) is 0 Å². The number of benzene rings is 1. The van der Waals surface area contributed by atoms with Crippen molar-refractivity contribution in [3.8, 4) is 0 Å². The minimum absolute atomic E-state index is 0.0710. The molecule has 0 aromatic heterocycles. The summed E-state index contributed by atoms with van der Waals surface area (Å²) < 4.78 is 13.2. The molecule has 1 aromatic carbocycles. The molecule has 2 aliphatic rings. The van der Waals surface area contributed by atoms with Crippen molar-refractivity contribution in [2.75, 3.05) is 26.2 Å². The van der Waals surface area contributed by atoms with Crippen molar-refractivity contribution in [1.29, 1.82) is 0 Å². The Kier molecular flexibility index (Phi) is 4.94. The highest BCUT2D eigenvalue weighted by atomic mass is 19.1. The SMILES string of the molecule is O=C1CC[C@H](C(=O)N2CCCC2)CN1CCc1cccc(F)c1. The monoisotopic (exact) mass is 318 g/mol. The van der Waals surface area contributed by atoms with Gasteiger partial charge < -0.3 is 9.80 Å². The fraction of sp³-hybridized carbons (Fsp3) is 0.556. The third-order valence-corrected chi connectivity index (χ3v) is 4.83. The van der Waals surface area contributed by atoms with Gasteiger partial charge in [-0.15, -0.1) is 0 Å². The van der Waals surface area contributed by atoms with Crippen LogP contribution >= 0.6 is 0 Å². The predicted molar refractivity (Wildman–Crippen MR) is 85.2 cm³/mol. The first-order valence-electron chi connectivity index (χ1n) is 8.44. The van der Waals surface area contributed by atoms with Gasteiger partial charge in [-0.25, -0.2) is 4.39 Å². The first kappa shape index (κ1) is 16.0. The van der Waals surface area contributed by atoms with Gasteiger partial charge >= 0.3 is 0 Å². The van der Waals surface area contributed by atoms with Crippen LogP contribution in [0.5, 0.6) is 0 Å². The van der Waals surface area contributed by atoms with Crippen LogP contribution in [0.4, 0.5) is 4.39 Å². The molecule has 0 radical (unpaired) electrons. The summed E-state index contributed by atoms with van der Waals surface area (Å²) in [6.45, 7) is 2.76. The number of hydrogen-bond acceptors (Lipinski definition) is 2. The van der Waals surface area contributed by atoms with Crippen LogP contribution in [-0.4, -0.2) is 47.8 Å². The third-order valence-electron chi connectivity index (χ3n) is 4.83. The van der Waals surface area contributed by atoms with Crippen LogP contribution in [0.25, 0.3) is 0 Å². The van der Waals surface area contributed by atoms with Crippen molar-refractivity contribution in [3.05, 3.63) is 35.6 Å². The van der Waals surface area contributed by atoms with Crippen LogP contribution in [0.2, 0.25) is 0 Å². The number of nitrogens with zero attached hydrogens (tertiary/aromatic N) is 2. The molecule has 0 N–H and O–H groups in total. The van der Waals surface area contributed by atoms with Gasteiger partial charge in [-0.05, 0) is 43.4 Å². The largest absolute Gasteiger partial charge is 0.342 e. The highest BCUT2D eigenvalue weighted by Gasteiger charge is 2.33. The zero-order valence-electron chi connectivity index (χ0n) is 13.3. The normalized spacial score (nSPS) is 21.8. The summed E-state index contributed by atoms with van der Waals surface area (Å²) in [5.74, 6) is -0.0227. The Hall–Kier alpha value is -1.91. The average Bonchev–Trinajstić information content (AvgIpc) is 3.08. The lowest BCUT2D eigenvalue weighted by molar-refractivity contribution is -0.142. The molecular weight excluding hydrogens is 295 g/mol. The molecule has 124 valence electrons. The Morgan fingerprint density at radius 1 is 1.26 bits per heavy atom. The first-order valence-corrected chi connectivity index (χ1v) is 8.44. The van der Waals surface area contributed by atoms with Gasteiger partial charge in [-0.3, -0.25) is 9.59 Å². The van der Waals surface area contributed by atoms with Crippen LogP contribution < -0.4 is 0 Å². The second-order valence-electron chi connectivity index (χ2n) is 6.49. The van der Waals surface area contributed by atoms with Crippen LogP contribution in [0.1, 0.15) is 31.2 Å². The third kappa shape index (κ3) is 3.89. The van der Waals surface area contributed by atoms with E-state index in [-0.39, 0.29) is 23.5 Å². The number of carbonyl (C=O) groups excluding carboxylic acids is 2. The molecule has 4 nitrogen and oxygen atoms in total. The lowest BCUT2D eigenvalue weighted by atomic mass is 9.95. The van der Waals surface area contributed by atoms with Crippen LogP contribution in [0.3, 0.4) is 0 Å². The molecule has 0 bridgehead atoms. The Balaban J connectivity index is 1.57. The van der Waals surface area contributed by atoms with E-state index in [1.54, 1.807) is 11.0 Å². The highest BCUT2D eigenvalue weighted by molar-refractivity contribution is 5.84. The van der Waals surface area contributed by atoms with Gasteiger partial charge in [0, 0.05) is 32.6 Å². The standard InChI is InChI=1S/C18H23FN2O2/c19-16-5-3-4-14(12-16)8-11-21-13-15(6-7-17(21)22)18(23)20-9-1-2-10-20/h3-5,12,15H,1-2,6-11,13H2/t15-/m0/s1. The number of halogens is 1. The van der Waals surface area contributed by atoms with Gasteiger partial charge in [0.2, 0.25) is 11.8 Å². The van der Waals surface area contributed by atoms with Gasteiger partial charge in [0.15, 0.2) is 0 Å². The van der Waals surface area contributed by atoms with E-state index in [0.29, 0.717) is 32.4 Å². The Morgan fingerprint density at radius 3 is 2.78 bits per heavy atom. The van der Waals surface area contributed by atoms with E-state index in [1.165, 1.54) is 12.1 Å². The van der Waals surface area contributed by atoms with Gasteiger partial charge in [0.1, 0.15) is 5.82 Å². The Bertz CT molecular complexity index is 584. The van der Waals surface area contributed by atoms with E-state index in [0.717, 1.165) is 31.5 Å². The number of hydrogen-bond donors (Lipinski definition) is 0. The van der Waals surface area contributed by atoms with Gasteiger partial charge in [-0.2, -0.15) is 0 Å². The van der Waals surface area contributed by atoms with Crippen LogP contribution in [0.15, 0.2) is 24.3 Å². The first-order chi connectivity index (χ1) is 11.1. The number of piperidine rings is 1. The molecule has 0 unspecified atom stereocenters. The van der Waals surface area contributed by atoms with Gasteiger partial charge in [-0.1, -0.05) is 12.1 Å². The molecular formula is C18H23FN2O2. The maximum absolute atomic E-state index is 13.2. The fourth-order valence-electron chi connectivity index (χ4n) is 3.48. The molecule has 2 saturated heterocycles. The van der Waals surface area contributed by atoms with Crippen molar-refractivity contribution in [1.82, 2.24) is 9.80 Å². The number of carbonyl (C=O) groups is 2. The lowest BCUT2D eigenvalue weighted by Gasteiger charge is -2.33. The molecule has 23 heavy (non-hydrogen) atoms. The van der Waals surface area contributed by atoms with Crippen molar-refractivity contribution in [3.63, 3.8) is 0 Å².